The highest BCUT2D eigenvalue weighted by Gasteiger charge is 2.31. The van der Waals surface area contributed by atoms with Crippen LogP contribution < -0.4 is 20.7 Å². The zero-order valence-electron chi connectivity index (χ0n) is 21.3. The molecule has 1 aliphatic rings. The number of fused-ring (bicyclic) bond motifs is 1. The van der Waals surface area contributed by atoms with E-state index in [1.165, 1.54) is 23.0 Å². The fourth-order valence-corrected chi connectivity index (χ4v) is 4.85. The van der Waals surface area contributed by atoms with Crippen LogP contribution in [0.15, 0.2) is 70.6 Å². The van der Waals surface area contributed by atoms with E-state index in [0.29, 0.717) is 23.9 Å². The highest BCUT2D eigenvalue weighted by Crippen LogP contribution is 2.22. The number of hydrogen-bond acceptors (Lipinski definition) is 11. The molecule has 1 aliphatic heterocycles. The molecule has 40 heavy (non-hydrogen) atoms. The molecule has 1 amide bonds. The molecule has 0 radical (unpaired) electrons. The molecule has 15 heteroatoms. The molecule has 1 saturated heterocycles. The van der Waals surface area contributed by atoms with Gasteiger partial charge in [-0.3, -0.25) is 19.1 Å². The number of ether oxygens (including phenoxy) is 2. The lowest BCUT2D eigenvalue weighted by Gasteiger charge is -2.30. The summed E-state index contributed by atoms with van der Waals surface area (Å²) in [5.41, 5.74) is -0.00917. The summed E-state index contributed by atoms with van der Waals surface area (Å²) in [6, 6.07) is 14.2. The van der Waals surface area contributed by atoms with E-state index >= 15 is 0 Å². The molecule has 2 atom stereocenters. The predicted molar refractivity (Wildman–Crippen MR) is 141 cm³/mol. The highest BCUT2D eigenvalue weighted by molar-refractivity contribution is 7.86. The van der Waals surface area contributed by atoms with E-state index in [4.69, 9.17) is 13.8 Å². The van der Waals surface area contributed by atoms with Gasteiger partial charge in [-0.05, 0) is 31.2 Å². The van der Waals surface area contributed by atoms with Crippen molar-refractivity contribution in [2.45, 2.75) is 24.2 Å². The Balaban J connectivity index is 1.53. The van der Waals surface area contributed by atoms with E-state index in [1.54, 1.807) is 49.4 Å². The van der Waals surface area contributed by atoms with Crippen LogP contribution in [0.5, 0.6) is 5.75 Å². The molecule has 0 aliphatic carbocycles. The second-order valence-corrected chi connectivity index (χ2v) is 10.4. The van der Waals surface area contributed by atoms with Crippen molar-refractivity contribution in [3.63, 3.8) is 0 Å². The molecule has 0 bridgehead atoms. The molecule has 2 aromatic heterocycles. The Morgan fingerprint density at radius 3 is 2.65 bits per heavy atom. The lowest BCUT2D eigenvalue weighted by Crippen LogP contribution is -2.44. The van der Waals surface area contributed by atoms with Crippen LogP contribution in [0.2, 0.25) is 0 Å². The third kappa shape index (κ3) is 5.88. The fourth-order valence-electron chi connectivity index (χ4n) is 3.94. The number of imidazole rings is 1. The molecule has 14 nitrogen and oxygen atoms in total. The van der Waals surface area contributed by atoms with E-state index in [2.05, 4.69) is 20.3 Å². The lowest BCUT2D eigenvalue weighted by atomic mass is 10.2. The number of morpholine rings is 1. The van der Waals surface area contributed by atoms with Gasteiger partial charge in [-0.2, -0.15) is 13.4 Å². The normalized spacial score (nSPS) is 17.6. The molecule has 210 valence electrons. The summed E-state index contributed by atoms with van der Waals surface area (Å²) in [5, 5.41) is 13.0. The van der Waals surface area contributed by atoms with E-state index in [0.717, 1.165) is 5.56 Å². The van der Waals surface area contributed by atoms with Crippen LogP contribution in [-0.4, -0.2) is 71.4 Å². The number of rotatable bonds is 9. The maximum atomic E-state index is 13.3. The number of benzene rings is 2. The summed E-state index contributed by atoms with van der Waals surface area (Å²) in [5.74, 6) is -1.13. The minimum absolute atomic E-state index is 0.00208. The van der Waals surface area contributed by atoms with E-state index < -0.39 is 46.5 Å². The van der Waals surface area contributed by atoms with Crippen LogP contribution >= 0.6 is 0 Å². The Morgan fingerprint density at radius 2 is 1.93 bits per heavy atom. The third-order valence-corrected chi connectivity index (χ3v) is 7.18. The Bertz CT molecular complexity index is 1660. The van der Waals surface area contributed by atoms with Crippen molar-refractivity contribution in [2.24, 2.45) is 0 Å². The van der Waals surface area contributed by atoms with Crippen molar-refractivity contribution in [3.05, 3.63) is 76.8 Å². The summed E-state index contributed by atoms with van der Waals surface area (Å²) < 4.78 is 44.3. The van der Waals surface area contributed by atoms with E-state index in [-0.39, 0.29) is 22.7 Å². The molecular weight excluding hydrogens is 544 g/mol. The smallest absolute Gasteiger partial charge is 0.318 e. The summed E-state index contributed by atoms with van der Waals surface area (Å²) in [6.45, 7) is 1.66. The molecular formula is C25H26N6O8S. The van der Waals surface area contributed by atoms with E-state index in [1.807, 2.05) is 0 Å². The number of carbonyl (C=O) groups excluding carboxylic acids is 1. The Kier molecular flexibility index (Phi) is 7.90. The van der Waals surface area contributed by atoms with Gasteiger partial charge in [0.05, 0.1) is 23.9 Å². The first kappa shape index (κ1) is 27.4. The molecule has 0 spiro atoms. The number of hydroxylamine groups is 1. The van der Waals surface area contributed by atoms with Crippen molar-refractivity contribution < 1.29 is 32.1 Å². The number of nitrogens with zero attached hydrogens (tertiary/aromatic N) is 4. The standard InChI is InChI=1S/C25H26N6O8S/c1-16-7-9-19(10-8-16)40(35,36)39-31(20(33)14-37-17-5-3-2-4-6-17)25-28-23-22(24(34)29-25)27-15-30(23)21-12-26-11-18(13-32)38-21/h2-10,15,18,21,26,32H,11-14H2,1H3,(H,28,29,34)/t18-,21+/m0/s1. The fraction of sp³-hybridized carbons (Fsp3) is 0.280. The van der Waals surface area contributed by atoms with Gasteiger partial charge >= 0.3 is 10.1 Å². The van der Waals surface area contributed by atoms with Crippen molar-refractivity contribution >= 4 is 33.1 Å². The van der Waals surface area contributed by atoms with Crippen LogP contribution in [0, 0.1) is 6.92 Å². The number of nitrogens with one attached hydrogen (secondary N) is 2. The molecule has 5 rings (SSSR count). The number of aliphatic hydroxyl groups excluding tert-OH is 1. The summed E-state index contributed by atoms with van der Waals surface area (Å²) in [4.78, 5) is 36.8. The number of aromatic nitrogens is 4. The van der Waals surface area contributed by atoms with Gasteiger partial charge in [-0.15, -0.1) is 9.35 Å². The Labute approximate surface area is 228 Å². The second kappa shape index (κ2) is 11.5. The first-order valence-corrected chi connectivity index (χ1v) is 13.6. The van der Waals surface area contributed by atoms with Gasteiger partial charge in [-0.25, -0.2) is 4.98 Å². The summed E-state index contributed by atoms with van der Waals surface area (Å²) in [6.07, 6.45) is 0.131. The van der Waals surface area contributed by atoms with Gasteiger partial charge in [0.2, 0.25) is 5.95 Å². The van der Waals surface area contributed by atoms with Gasteiger partial charge < -0.3 is 19.9 Å². The Hall–Kier alpha value is -4.15. The average molecular weight is 571 g/mol. The number of H-pyrrole nitrogens is 1. The van der Waals surface area contributed by atoms with Crippen LogP contribution in [0.1, 0.15) is 11.8 Å². The molecule has 3 N–H and O–H groups in total. The van der Waals surface area contributed by atoms with Gasteiger partial charge in [0, 0.05) is 13.1 Å². The monoisotopic (exact) mass is 570 g/mol. The zero-order valence-corrected chi connectivity index (χ0v) is 22.1. The third-order valence-electron chi connectivity index (χ3n) is 5.98. The van der Waals surface area contributed by atoms with Crippen molar-refractivity contribution in [1.29, 1.82) is 0 Å². The minimum atomic E-state index is -4.54. The van der Waals surface area contributed by atoms with Crippen molar-refractivity contribution in [3.8, 4) is 5.75 Å². The maximum absolute atomic E-state index is 13.3. The molecule has 2 aromatic carbocycles. The maximum Gasteiger partial charge on any atom is 0.318 e. The second-order valence-electron chi connectivity index (χ2n) is 8.90. The Morgan fingerprint density at radius 1 is 1.18 bits per heavy atom. The molecule has 0 unspecified atom stereocenters. The number of anilines is 1. The topological polar surface area (TPSA) is 178 Å². The number of aryl methyl sites for hydroxylation is 1. The quantitative estimate of drug-likeness (QED) is 0.241. The largest absolute Gasteiger partial charge is 0.484 e. The van der Waals surface area contributed by atoms with Crippen molar-refractivity contribution in [2.75, 3.05) is 31.4 Å². The number of aliphatic hydroxyl groups is 1. The zero-order chi connectivity index (χ0) is 28.3. The predicted octanol–water partition coefficient (Wildman–Crippen LogP) is 0.640. The first-order valence-electron chi connectivity index (χ1n) is 12.2. The molecule has 0 saturated carbocycles. The minimum Gasteiger partial charge on any atom is -0.484 e. The summed E-state index contributed by atoms with van der Waals surface area (Å²) >= 11 is 0. The van der Waals surface area contributed by atoms with Crippen molar-refractivity contribution in [1.82, 2.24) is 24.8 Å². The number of hydrogen-bond donors (Lipinski definition) is 3. The molecule has 1 fully saturated rings. The van der Waals surface area contributed by atoms with E-state index in [9.17, 15) is 23.1 Å². The first-order chi connectivity index (χ1) is 19.2. The lowest BCUT2D eigenvalue weighted by molar-refractivity contribution is -0.124. The van der Waals surface area contributed by atoms with Crippen LogP contribution in [0.25, 0.3) is 11.2 Å². The van der Waals surface area contributed by atoms with Gasteiger partial charge in [0.25, 0.3) is 11.5 Å². The number of para-hydroxylation sites is 1. The molecule has 3 heterocycles. The van der Waals surface area contributed by atoms with Crippen LogP contribution in [-0.2, 0) is 23.9 Å². The van der Waals surface area contributed by atoms with Crippen LogP contribution in [0.3, 0.4) is 0 Å². The molecule has 4 aromatic rings. The highest BCUT2D eigenvalue weighted by atomic mass is 32.2. The average Bonchev–Trinajstić information content (AvgIpc) is 3.40. The number of carbonyl (C=O) groups is 1. The number of amides is 1. The summed E-state index contributed by atoms with van der Waals surface area (Å²) in [7, 11) is -4.54. The SMILES string of the molecule is Cc1ccc(S(=O)(=O)ON(C(=O)COc2ccccc2)c2nc3c(ncn3[C@H]3CNC[C@@H](CO)O3)c(=O)[nH]2)cc1. The number of aromatic amines is 1. The van der Waals surface area contributed by atoms with Crippen LogP contribution in [0.4, 0.5) is 5.95 Å². The van der Waals surface area contributed by atoms with Gasteiger partial charge in [0.15, 0.2) is 17.8 Å². The van der Waals surface area contributed by atoms with Gasteiger partial charge in [0.1, 0.15) is 12.0 Å². The van der Waals surface area contributed by atoms with Gasteiger partial charge in [-0.1, -0.05) is 35.9 Å².